The highest BCUT2D eigenvalue weighted by Crippen LogP contribution is 2.47. The van der Waals surface area contributed by atoms with E-state index in [1.165, 1.54) is 44.9 Å². The normalized spacial score (nSPS) is 44.2. The van der Waals surface area contributed by atoms with Crippen LogP contribution in [0.1, 0.15) is 51.4 Å². The van der Waals surface area contributed by atoms with Crippen LogP contribution in [0.4, 0.5) is 0 Å². The van der Waals surface area contributed by atoms with Crippen LogP contribution in [0, 0.1) is 23.2 Å². The number of carbonyl (C=O) groups is 1. The third-order valence-electron chi connectivity index (χ3n) is 6.73. The number of amides is 1. The molecule has 1 N–H and O–H groups in total. The largest absolute Gasteiger partial charge is 0.342 e. The molecule has 2 aliphatic carbocycles. The average Bonchev–Trinajstić information content (AvgIpc) is 3.10. The molecule has 1 amide bonds. The second-order valence-corrected chi connectivity index (χ2v) is 7.74. The molecule has 0 spiro atoms. The van der Waals surface area contributed by atoms with Gasteiger partial charge in [0.15, 0.2) is 0 Å². The summed E-state index contributed by atoms with van der Waals surface area (Å²) in [6.45, 7) is 4.16. The fraction of sp³-hybridized carbons (Fsp3) is 0.941. The van der Waals surface area contributed by atoms with Crippen LogP contribution >= 0.6 is 0 Å². The number of carbonyl (C=O) groups excluding carboxylic acids is 1. The zero-order valence-corrected chi connectivity index (χ0v) is 12.6. The maximum atomic E-state index is 13.2. The van der Waals surface area contributed by atoms with E-state index >= 15 is 0 Å². The topological polar surface area (TPSA) is 32.3 Å². The van der Waals surface area contributed by atoms with Crippen molar-refractivity contribution in [3.8, 4) is 0 Å². The molecule has 4 fully saturated rings. The van der Waals surface area contributed by atoms with Gasteiger partial charge in [-0.15, -0.1) is 0 Å². The van der Waals surface area contributed by atoms with Crippen molar-refractivity contribution in [2.45, 2.75) is 51.4 Å². The molecule has 2 aliphatic heterocycles. The molecule has 2 saturated heterocycles. The van der Waals surface area contributed by atoms with Crippen molar-refractivity contribution in [3.05, 3.63) is 0 Å². The van der Waals surface area contributed by atoms with Gasteiger partial charge in [-0.3, -0.25) is 4.79 Å². The first kappa shape index (κ1) is 13.1. The molecule has 0 bridgehead atoms. The molecule has 2 unspecified atom stereocenters. The maximum absolute atomic E-state index is 13.2. The summed E-state index contributed by atoms with van der Waals surface area (Å²) in [6.07, 6.45) is 10.5. The van der Waals surface area contributed by atoms with Crippen molar-refractivity contribution in [1.29, 1.82) is 0 Å². The molecule has 0 radical (unpaired) electrons. The van der Waals surface area contributed by atoms with Gasteiger partial charge in [-0.25, -0.2) is 0 Å². The lowest BCUT2D eigenvalue weighted by Crippen LogP contribution is -2.49. The highest BCUT2D eigenvalue weighted by molar-refractivity contribution is 5.84. The molecule has 4 atom stereocenters. The third kappa shape index (κ3) is 1.93. The molecule has 20 heavy (non-hydrogen) atoms. The molecule has 3 heteroatoms. The van der Waals surface area contributed by atoms with Crippen molar-refractivity contribution in [2.24, 2.45) is 23.2 Å². The van der Waals surface area contributed by atoms with Crippen molar-refractivity contribution in [3.63, 3.8) is 0 Å². The average molecular weight is 276 g/mol. The van der Waals surface area contributed by atoms with Gasteiger partial charge >= 0.3 is 0 Å². The first-order valence-electron chi connectivity index (χ1n) is 8.80. The Balaban J connectivity index is 1.52. The molecule has 4 aliphatic rings. The SMILES string of the molecule is O=C(N1CC2CCCCC2C1)[C@@]12CCCC[C@H]1CNC2. The first-order valence-corrected chi connectivity index (χ1v) is 8.80. The second-order valence-electron chi connectivity index (χ2n) is 7.74. The van der Waals surface area contributed by atoms with Crippen molar-refractivity contribution in [2.75, 3.05) is 26.2 Å². The second kappa shape index (κ2) is 5.01. The molecule has 3 nitrogen and oxygen atoms in total. The predicted molar refractivity (Wildman–Crippen MR) is 79.3 cm³/mol. The van der Waals surface area contributed by atoms with Gasteiger partial charge in [0.05, 0.1) is 5.41 Å². The van der Waals surface area contributed by atoms with E-state index in [2.05, 4.69) is 10.2 Å². The molecule has 112 valence electrons. The number of fused-ring (bicyclic) bond motifs is 2. The minimum absolute atomic E-state index is 0.0221. The van der Waals surface area contributed by atoms with E-state index in [9.17, 15) is 4.79 Å². The minimum Gasteiger partial charge on any atom is -0.342 e. The third-order valence-corrected chi connectivity index (χ3v) is 6.73. The maximum Gasteiger partial charge on any atom is 0.230 e. The molecule has 4 rings (SSSR count). The summed E-state index contributed by atoms with van der Waals surface area (Å²) in [5, 5.41) is 3.52. The van der Waals surface area contributed by atoms with E-state index in [4.69, 9.17) is 0 Å². The van der Waals surface area contributed by atoms with E-state index in [0.29, 0.717) is 11.8 Å². The van der Waals surface area contributed by atoms with E-state index in [1.54, 1.807) is 0 Å². The Morgan fingerprint density at radius 2 is 1.70 bits per heavy atom. The van der Waals surface area contributed by atoms with Crippen molar-refractivity contribution >= 4 is 5.91 Å². The Kier molecular flexibility index (Phi) is 3.29. The highest BCUT2D eigenvalue weighted by Gasteiger charge is 2.52. The summed E-state index contributed by atoms with van der Waals surface area (Å²) >= 11 is 0. The Morgan fingerprint density at radius 1 is 1.00 bits per heavy atom. The molecule has 0 aromatic heterocycles. The van der Waals surface area contributed by atoms with Gasteiger partial charge in [0.1, 0.15) is 0 Å². The predicted octanol–water partition coefficient (Wildman–Crippen LogP) is 2.41. The quantitative estimate of drug-likeness (QED) is 0.797. The molecule has 0 aromatic rings. The Bertz CT molecular complexity index is 382. The van der Waals surface area contributed by atoms with E-state index in [0.717, 1.165) is 44.4 Å². The summed E-state index contributed by atoms with van der Waals surface area (Å²) < 4.78 is 0. The van der Waals surface area contributed by atoms with Crippen LogP contribution in [0.3, 0.4) is 0 Å². The monoisotopic (exact) mass is 276 g/mol. The summed E-state index contributed by atoms with van der Waals surface area (Å²) in [6, 6.07) is 0. The van der Waals surface area contributed by atoms with Gasteiger partial charge in [-0.05, 0) is 50.0 Å². The molecule has 2 saturated carbocycles. The lowest BCUT2D eigenvalue weighted by molar-refractivity contribution is -0.144. The van der Waals surface area contributed by atoms with E-state index in [1.807, 2.05) is 0 Å². The Labute approximate surface area is 122 Å². The van der Waals surface area contributed by atoms with Crippen molar-refractivity contribution < 1.29 is 4.79 Å². The van der Waals surface area contributed by atoms with E-state index < -0.39 is 0 Å². The van der Waals surface area contributed by atoms with Gasteiger partial charge < -0.3 is 10.2 Å². The number of nitrogens with one attached hydrogen (secondary N) is 1. The summed E-state index contributed by atoms with van der Waals surface area (Å²) in [5.41, 5.74) is -0.0221. The highest BCUT2D eigenvalue weighted by atomic mass is 16.2. The van der Waals surface area contributed by atoms with Gasteiger partial charge in [-0.2, -0.15) is 0 Å². The Morgan fingerprint density at radius 3 is 2.45 bits per heavy atom. The van der Waals surface area contributed by atoms with Crippen molar-refractivity contribution in [1.82, 2.24) is 10.2 Å². The van der Waals surface area contributed by atoms with Crippen LogP contribution in [0.2, 0.25) is 0 Å². The van der Waals surface area contributed by atoms with E-state index in [-0.39, 0.29) is 5.41 Å². The zero-order valence-electron chi connectivity index (χ0n) is 12.6. The van der Waals surface area contributed by atoms with Gasteiger partial charge in [0.2, 0.25) is 5.91 Å². The lowest BCUT2D eigenvalue weighted by Gasteiger charge is -2.40. The summed E-state index contributed by atoms with van der Waals surface area (Å²) in [4.78, 5) is 15.5. The van der Waals surface area contributed by atoms with Gasteiger partial charge in [0, 0.05) is 19.6 Å². The lowest BCUT2D eigenvalue weighted by atomic mass is 9.67. The van der Waals surface area contributed by atoms with Crippen LogP contribution < -0.4 is 5.32 Å². The molecule has 2 heterocycles. The minimum atomic E-state index is -0.0221. The van der Waals surface area contributed by atoms with Crippen LogP contribution in [0.15, 0.2) is 0 Å². The fourth-order valence-electron chi connectivity index (χ4n) is 5.55. The zero-order chi connectivity index (χ0) is 13.6. The standard InChI is InChI=1S/C17H28N2O/c20-16(17-8-4-3-7-15(17)9-18-12-17)19-10-13-5-1-2-6-14(13)11-19/h13-15,18H,1-12H2/t13?,14?,15-,17+/m0/s1. The Hall–Kier alpha value is -0.570. The van der Waals surface area contributed by atoms with Gasteiger partial charge in [-0.1, -0.05) is 25.7 Å². The van der Waals surface area contributed by atoms with Crippen LogP contribution in [0.5, 0.6) is 0 Å². The summed E-state index contributed by atoms with van der Waals surface area (Å²) in [5.74, 6) is 2.77. The number of nitrogens with zero attached hydrogens (tertiary/aromatic N) is 1. The first-order chi connectivity index (χ1) is 9.79. The summed E-state index contributed by atoms with van der Waals surface area (Å²) in [7, 11) is 0. The fourth-order valence-corrected chi connectivity index (χ4v) is 5.55. The van der Waals surface area contributed by atoms with Crippen LogP contribution in [-0.2, 0) is 4.79 Å². The number of hydrogen-bond acceptors (Lipinski definition) is 2. The van der Waals surface area contributed by atoms with Crippen LogP contribution in [-0.4, -0.2) is 37.0 Å². The number of rotatable bonds is 1. The number of likely N-dealkylation sites (tertiary alicyclic amines) is 1. The van der Waals surface area contributed by atoms with Crippen LogP contribution in [0.25, 0.3) is 0 Å². The molecule has 0 aromatic carbocycles. The van der Waals surface area contributed by atoms with Gasteiger partial charge in [0.25, 0.3) is 0 Å². The molecular formula is C17H28N2O. The smallest absolute Gasteiger partial charge is 0.230 e. The molecular weight excluding hydrogens is 248 g/mol. The number of hydrogen-bond donors (Lipinski definition) is 1.